The average Bonchev–Trinajstić information content (AvgIpc) is 2.70. The molecule has 0 heterocycles. The number of halogens is 4. The summed E-state index contributed by atoms with van der Waals surface area (Å²) in [4.78, 5) is 0. The lowest BCUT2D eigenvalue weighted by Crippen LogP contribution is -2.54. The van der Waals surface area contributed by atoms with Gasteiger partial charge in [0.15, 0.2) is 5.60 Å². The highest BCUT2D eigenvalue weighted by molar-refractivity contribution is 9.09. The molecule has 28 heavy (non-hydrogen) atoms. The van der Waals surface area contributed by atoms with Crippen molar-refractivity contribution in [2.45, 2.75) is 17.8 Å². The van der Waals surface area contributed by atoms with Gasteiger partial charge in [0.2, 0.25) is 0 Å². The molecule has 0 amide bonds. The maximum Gasteiger partial charge on any atom is 0.420 e. The Bertz CT molecular complexity index is 958. The Labute approximate surface area is 169 Å². The van der Waals surface area contributed by atoms with Crippen LogP contribution >= 0.6 is 15.9 Å². The van der Waals surface area contributed by atoms with Crippen molar-refractivity contribution in [3.05, 3.63) is 72.3 Å². The largest absolute Gasteiger partial charge is 0.497 e. The van der Waals surface area contributed by atoms with Crippen LogP contribution in [0.15, 0.2) is 66.7 Å². The quantitative estimate of drug-likeness (QED) is 0.471. The monoisotopic (exact) mass is 453 g/mol. The van der Waals surface area contributed by atoms with E-state index in [1.54, 1.807) is 24.3 Å². The standard InChI is InChI=1S/C21H19BrF3NO2/c1-28-16-9-4-8-15(12-16)19(20(27,13-22)21(23,24)25)26-18-11-5-7-14-6-2-3-10-17(14)18/h2-12,19,26-27H,13H2,1H3. The smallest absolute Gasteiger partial charge is 0.420 e. The molecule has 0 saturated heterocycles. The number of hydrogen-bond donors (Lipinski definition) is 2. The van der Waals surface area contributed by atoms with Crippen molar-refractivity contribution in [2.75, 3.05) is 17.8 Å². The first-order valence-corrected chi connectivity index (χ1v) is 9.65. The van der Waals surface area contributed by atoms with Crippen molar-refractivity contribution in [1.29, 1.82) is 0 Å². The molecule has 0 fully saturated rings. The van der Waals surface area contributed by atoms with E-state index in [1.807, 2.05) is 30.3 Å². The van der Waals surface area contributed by atoms with E-state index < -0.39 is 23.1 Å². The summed E-state index contributed by atoms with van der Waals surface area (Å²) >= 11 is 2.86. The zero-order valence-electron chi connectivity index (χ0n) is 15.0. The van der Waals surface area contributed by atoms with Gasteiger partial charge in [0, 0.05) is 16.4 Å². The van der Waals surface area contributed by atoms with Crippen molar-refractivity contribution in [2.24, 2.45) is 0 Å². The number of fused-ring (bicyclic) bond motifs is 1. The first-order valence-electron chi connectivity index (χ1n) is 8.53. The molecule has 0 radical (unpaired) electrons. The molecule has 0 bridgehead atoms. The van der Waals surface area contributed by atoms with E-state index in [-0.39, 0.29) is 5.56 Å². The Hall–Kier alpha value is -2.25. The Morgan fingerprint density at radius 2 is 1.71 bits per heavy atom. The van der Waals surface area contributed by atoms with Crippen molar-refractivity contribution in [3.8, 4) is 5.75 Å². The fourth-order valence-corrected chi connectivity index (χ4v) is 3.76. The van der Waals surface area contributed by atoms with Crippen molar-refractivity contribution >= 4 is 32.4 Å². The SMILES string of the molecule is COc1cccc(C(Nc2cccc3ccccc23)C(O)(CBr)C(F)(F)F)c1. The van der Waals surface area contributed by atoms with Crippen molar-refractivity contribution in [1.82, 2.24) is 0 Å². The minimum absolute atomic E-state index is 0.256. The molecule has 0 aliphatic carbocycles. The van der Waals surface area contributed by atoms with Gasteiger partial charge in [0.25, 0.3) is 0 Å². The lowest BCUT2D eigenvalue weighted by Gasteiger charge is -2.38. The van der Waals surface area contributed by atoms with Gasteiger partial charge in [0.1, 0.15) is 5.75 Å². The molecule has 0 aliphatic rings. The van der Waals surface area contributed by atoms with E-state index in [1.165, 1.54) is 19.2 Å². The molecule has 3 aromatic rings. The predicted molar refractivity (Wildman–Crippen MR) is 108 cm³/mol. The van der Waals surface area contributed by atoms with Crippen LogP contribution in [0.1, 0.15) is 11.6 Å². The van der Waals surface area contributed by atoms with Gasteiger partial charge >= 0.3 is 6.18 Å². The average molecular weight is 454 g/mol. The van der Waals surface area contributed by atoms with Crippen LogP contribution in [0, 0.1) is 0 Å². The highest BCUT2D eigenvalue weighted by atomic mass is 79.9. The summed E-state index contributed by atoms with van der Waals surface area (Å²) in [5, 5.41) is 14.6. The van der Waals surface area contributed by atoms with E-state index in [9.17, 15) is 18.3 Å². The predicted octanol–water partition coefficient (Wildman–Crippen LogP) is 5.69. The van der Waals surface area contributed by atoms with Gasteiger partial charge in [-0.25, -0.2) is 0 Å². The number of nitrogens with one attached hydrogen (secondary N) is 1. The first kappa shape index (κ1) is 20.5. The Morgan fingerprint density at radius 1 is 1.04 bits per heavy atom. The molecule has 2 unspecified atom stereocenters. The number of rotatable bonds is 6. The van der Waals surface area contributed by atoms with Crippen LogP contribution < -0.4 is 10.1 Å². The van der Waals surface area contributed by atoms with Crippen molar-refractivity contribution < 1.29 is 23.0 Å². The Kier molecular flexibility index (Phi) is 5.86. The fraction of sp³-hybridized carbons (Fsp3) is 0.238. The number of ether oxygens (including phenoxy) is 1. The molecule has 3 rings (SSSR count). The Balaban J connectivity index is 2.15. The molecule has 2 N–H and O–H groups in total. The summed E-state index contributed by atoms with van der Waals surface area (Å²) in [5.74, 6) is 0.404. The van der Waals surface area contributed by atoms with Crippen LogP contribution in [0.3, 0.4) is 0 Å². The van der Waals surface area contributed by atoms with Gasteiger partial charge in [0.05, 0.1) is 13.2 Å². The van der Waals surface area contributed by atoms with Gasteiger partial charge in [-0.3, -0.25) is 0 Å². The highest BCUT2D eigenvalue weighted by Gasteiger charge is 2.58. The number of anilines is 1. The summed E-state index contributed by atoms with van der Waals surface area (Å²) in [6.07, 6.45) is -4.87. The summed E-state index contributed by atoms with van der Waals surface area (Å²) in [6.45, 7) is 0. The summed E-state index contributed by atoms with van der Waals surface area (Å²) < 4.78 is 46.8. The van der Waals surface area contributed by atoms with Crippen LogP contribution in [0.25, 0.3) is 10.8 Å². The van der Waals surface area contributed by atoms with Gasteiger partial charge < -0.3 is 15.2 Å². The van der Waals surface area contributed by atoms with Crippen molar-refractivity contribution in [3.63, 3.8) is 0 Å². The van der Waals surface area contributed by atoms with Gasteiger partial charge in [-0.15, -0.1) is 0 Å². The van der Waals surface area contributed by atoms with E-state index in [4.69, 9.17) is 4.74 Å². The third-order valence-corrected chi connectivity index (χ3v) is 5.54. The molecule has 0 aliphatic heterocycles. The Morgan fingerprint density at radius 3 is 2.39 bits per heavy atom. The molecule has 3 nitrogen and oxygen atoms in total. The maximum atomic E-state index is 13.9. The number of alkyl halides is 4. The topological polar surface area (TPSA) is 41.5 Å². The second-order valence-corrected chi connectivity index (χ2v) is 7.00. The third-order valence-electron chi connectivity index (χ3n) is 4.69. The van der Waals surface area contributed by atoms with Crippen LogP contribution in [0.2, 0.25) is 0 Å². The molecule has 148 valence electrons. The summed E-state index contributed by atoms with van der Waals surface area (Å²) in [7, 11) is 1.44. The van der Waals surface area contributed by atoms with E-state index in [0.29, 0.717) is 11.4 Å². The minimum atomic E-state index is -4.87. The number of aliphatic hydroxyl groups is 1. The zero-order chi connectivity index (χ0) is 20.4. The van der Waals surface area contributed by atoms with Gasteiger partial charge in [-0.1, -0.05) is 64.5 Å². The second-order valence-electron chi connectivity index (χ2n) is 6.44. The van der Waals surface area contributed by atoms with E-state index in [2.05, 4.69) is 21.2 Å². The number of methoxy groups -OCH3 is 1. The zero-order valence-corrected chi connectivity index (χ0v) is 16.6. The van der Waals surface area contributed by atoms with Gasteiger partial charge in [-0.05, 0) is 29.1 Å². The molecule has 0 spiro atoms. The number of benzene rings is 3. The normalized spacial score (nSPS) is 15.1. The minimum Gasteiger partial charge on any atom is -0.497 e. The summed E-state index contributed by atoms with van der Waals surface area (Å²) in [6, 6.07) is 17.5. The number of hydrogen-bond acceptors (Lipinski definition) is 3. The molecule has 0 saturated carbocycles. The molecule has 0 aromatic heterocycles. The van der Waals surface area contributed by atoms with Crippen LogP contribution in [-0.2, 0) is 0 Å². The van der Waals surface area contributed by atoms with E-state index >= 15 is 0 Å². The third kappa shape index (κ3) is 3.82. The first-order chi connectivity index (χ1) is 13.3. The summed E-state index contributed by atoms with van der Waals surface area (Å²) in [5.41, 5.74) is -2.29. The molecule has 2 atom stereocenters. The second kappa shape index (κ2) is 8.01. The lowest BCUT2D eigenvalue weighted by molar-refractivity contribution is -0.256. The molecular formula is C21H19BrF3NO2. The van der Waals surface area contributed by atoms with Crippen LogP contribution in [0.4, 0.5) is 18.9 Å². The maximum absolute atomic E-state index is 13.9. The van der Waals surface area contributed by atoms with Gasteiger partial charge in [-0.2, -0.15) is 13.2 Å². The molecular weight excluding hydrogens is 435 g/mol. The molecule has 3 aromatic carbocycles. The van der Waals surface area contributed by atoms with E-state index in [0.717, 1.165) is 10.8 Å². The highest BCUT2D eigenvalue weighted by Crippen LogP contribution is 2.44. The van der Waals surface area contributed by atoms with Crippen LogP contribution in [0.5, 0.6) is 5.75 Å². The molecule has 7 heteroatoms. The fourth-order valence-electron chi connectivity index (χ4n) is 3.12. The van der Waals surface area contributed by atoms with Crippen LogP contribution in [-0.4, -0.2) is 29.3 Å². The lowest BCUT2D eigenvalue weighted by atomic mass is 9.88.